The second-order valence-electron chi connectivity index (χ2n) is 3.02. The van der Waals surface area contributed by atoms with E-state index in [4.69, 9.17) is 4.55 Å². The molecule has 15 heavy (non-hydrogen) atoms. The minimum Gasteiger partial charge on any atom is -0.282 e. The Bertz CT molecular complexity index is 652. The largest absolute Gasteiger partial charge is 0.294 e. The van der Waals surface area contributed by atoms with E-state index >= 15 is 0 Å². The first-order valence-electron chi connectivity index (χ1n) is 3.85. The van der Waals surface area contributed by atoms with Crippen molar-refractivity contribution in [3.05, 3.63) is 29.2 Å². The summed E-state index contributed by atoms with van der Waals surface area (Å²) in [5, 5.41) is 0.992. The molecule has 0 bridgehead atoms. The van der Waals surface area contributed by atoms with Crippen molar-refractivity contribution >= 4 is 26.0 Å². The summed E-state index contributed by atoms with van der Waals surface area (Å²) >= 11 is 0. The molecule has 0 atom stereocenters. The van der Waals surface area contributed by atoms with Crippen LogP contribution in [0.15, 0.2) is 33.4 Å². The van der Waals surface area contributed by atoms with Gasteiger partial charge in [0.1, 0.15) is 0 Å². The second kappa shape index (κ2) is 2.91. The van der Waals surface area contributed by atoms with Gasteiger partial charge in [-0.05, 0) is 23.8 Å². The molecule has 0 unspecified atom stereocenters. The van der Waals surface area contributed by atoms with Crippen molar-refractivity contribution < 1.29 is 21.4 Å². The summed E-state index contributed by atoms with van der Waals surface area (Å²) < 4.78 is 53.1. The highest BCUT2D eigenvalue weighted by atomic mass is 32.2. The Kier molecular flexibility index (Phi) is 2.00. The third kappa shape index (κ3) is 1.69. The Labute approximate surface area is 86.7 Å². The van der Waals surface area contributed by atoms with E-state index in [0.29, 0.717) is 5.56 Å². The first-order valence-corrected chi connectivity index (χ1v) is 6.84. The monoisotopic (exact) mass is 246 g/mol. The maximum absolute atomic E-state index is 11.4. The van der Waals surface area contributed by atoms with Gasteiger partial charge in [0.15, 0.2) is 9.84 Å². The normalized spacial score (nSPS) is 17.7. The third-order valence-corrected chi connectivity index (χ3v) is 4.33. The van der Waals surface area contributed by atoms with Gasteiger partial charge in [-0.1, -0.05) is 6.07 Å². The quantitative estimate of drug-likeness (QED) is 0.736. The lowest BCUT2D eigenvalue weighted by atomic mass is 10.2. The first kappa shape index (κ1) is 10.3. The summed E-state index contributed by atoms with van der Waals surface area (Å²) in [7, 11) is -7.91. The average Bonchev–Trinajstić information content (AvgIpc) is 2.41. The average molecular weight is 246 g/mol. The van der Waals surface area contributed by atoms with Crippen molar-refractivity contribution in [1.82, 2.24) is 0 Å². The number of hydrogen-bond acceptors (Lipinski definition) is 4. The molecule has 2 rings (SSSR count). The number of hydrogen-bond donors (Lipinski definition) is 1. The molecule has 0 fully saturated rings. The first-order chi connectivity index (χ1) is 6.81. The second-order valence-corrected chi connectivity index (χ2v) is 6.25. The SMILES string of the molecule is O=S(=O)(O)c1ccc2c(c1)S(=O)(=O)C=C2. The van der Waals surface area contributed by atoms with Gasteiger partial charge in [-0.2, -0.15) is 8.42 Å². The number of sulfone groups is 1. The van der Waals surface area contributed by atoms with Gasteiger partial charge >= 0.3 is 0 Å². The van der Waals surface area contributed by atoms with Gasteiger partial charge < -0.3 is 0 Å². The molecule has 7 heteroatoms. The van der Waals surface area contributed by atoms with Crippen molar-refractivity contribution in [3.8, 4) is 0 Å². The molecule has 1 heterocycles. The van der Waals surface area contributed by atoms with Crippen LogP contribution in [0.3, 0.4) is 0 Å². The van der Waals surface area contributed by atoms with Gasteiger partial charge in [0.25, 0.3) is 10.1 Å². The van der Waals surface area contributed by atoms with Crippen LogP contribution in [0.2, 0.25) is 0 Å². The van der Waals surface area contributed by atoms with Crippen LogP contribution < -0.4 is 0 Å². The van der Waals surface area contributed by atoms with Crippen LogP contribution >= 0.6 is 0 Å². The highest BCUT2D eigenvalue weighted by Crippen LogP contribution is 2.28. The van der Waals surface area contributed by atoms with Gasteiger partial charge in [-0.15, -0.1) is 0 Å². The molecule has 0 radical (unpaired) electrons. The van der Waals surface area contributed by atoms with Crippen molar-refractivity contribution in [2.24, 2.45) is 0 Å². The highest BCUT2D eigenvalue weighted by molar-refractivity contribution is 7.95. The Morgan fingerprint density at radius 1 is 1.20 bits per heavy atom. The maximum atomic E-state index is 11.4. The van der Waals surface area contributed by atoms with Gasteiger partial charge in [0, 0.05) is 5.41 Å². The number of benzene rings is 1. The molecule has 0 saturated heterocycles. The van der Waals surface area contributed by atoms with Crippen molar-refractivity contribution in [3.63, 3.8) is 0 Å². The Morgan fingerprint density at radius 2 is 1.87 bits per heavy atom. The molecule has 1 aromatic carbocycles. The topological polar surface area (TPSA) is 88.5 Å². The zero-order valence-electron chi connectivity index (χ0n) is 7.28. The fourth-order valence-electron chi connectivity index (χ4n) is 1.30. The van der Waals surface area contributed by atoms with Gasteiger partial charge in [0.05, 0.1) is 9.79 Å². The van der Waals surface area contributed by atoms with Crippen LogP contribution in [-0.4, -0.2) is 21.4 Å². The number of fused-ring (bicyclic) bond motifs is 1. The lowest BCUT2D eigenvalue weighted by molar-refractivity contribution is 0.483. The van der Waals surface area contributed by atoms with Gasteiger partial charge in [0.2, 0.25) is 0 Å². The van der Waals surface area contributed by atoms with E-state index in [1.807, 2.05) is 0 Å². The summed E-state index contributed by atoms with van der Waals surface area (Å²) in [5.74, 6) is 0. The lowest BCUT2D eigenvalue weighted by Gasteiger charge is -2.01. The van der Waals surface area contributed by atoms with E-state index in [-0.39, 0.29) is 4.90 Å². The predicted octanol–water partition coefficient (Wildman–Crippen LogP) is 0.691. The van der Waals surface area contributed by atoms with E-state index < -0.39 is 24.9 Å². The molecule has 1 aromatic rings. The van der Waals surface area contributed by atoms with Crippen molar-refractivity contribution in [2.45, 2.75) is 9.79 Å². The van der Waals surface area contributed by atoms with Crippen LogP contribution in [0.4, 0.5) is 0 Å². The van der Waals surface area contributed by atoms with E-state index in [0.717, 1.165) is 17.5 Å². The fourth-order valence-corrected chi connectivity index (χ4v) is 3.11. The Morgan fingerprint density at radius 3 is 2.47 bits per heavy atom. The third-order valence-electron chi connectivity index (χ3n) is 2.02. The molecule has 0 saturated carbocycles. The number of rotatable bonds is 1. The van der Waals surface area contributed by atoms with Crippen LogP contribution in [-0.2, 0) is 20.0 Å². The van der Waals surface area contributed by atoms with Crippen LogP contribution in [0.25, 0.3) is 6.08 Å². The van der Waals surface area contributed by atoms with E-state index in [1.54, 1.807) is 0 Å². The smallest absolute Gasteiger partial charge is 0.282 e. The molecule has 0 aliphatic carbocycles. The standard InChI is InChI=1S/C8H6O5S2/c9-14(10)4-3-6-1-2-7(5-8(6)14)15(11,12)13/h1-5H,(H,11,12,13). The summed E-state index contributed by atoms with van der Waals surface area (Å²) in [4.78, 5) is -0.522. The van der Waals surface area contributed by atoms with E-state index in [2.05, 4.69) is 0 Å². The predicted molar refractivity (Wildman–Crippen MR) is 52.5 cm³/mol. The molecular formula is C8H6O5S2. The summed E-state index contributed by atoms with van der Waals surface area (Å²) in [5.41, 5.74) is 0.419. The molecule has 80 valence electrons. The lowest BCUT2D eigenvalue weighted by Crippen LogP contribution is -2.01. The molecule has 1 aliphatic rings. The van der Waals surface area contributed by atoms with Crippen LogP contribution in [0.5, 0.6) is 0 Å². The molecule has 1 N–H and O–H groups in total. The van der Waals surface area contributed by atoms with E-state index in [9.17, 15) is 16.8 Å². The zero-order chi connectivity index (χ0) is 11.3. The van der Waals surface area contributed by atoms with Crippen LogP contribution in [0.1, 0.15) is 5.56 Å². The Hall–Kier alpha value is -1.18. The molecule has 0 spiro atoms. The molecule has 0 amide bonds. The fraction of sp³-hybridized carbons (Fsp3) is 0. The molecular weight excluding hydrogens is 240 g/mol. The van der Waals surface area contributed by atoms with E-state index in [1.165, 1.54) is 12.1 Å². The van der Waals surface area contributed by atoms with Crippen molar-refractivity contribution in [2.75, 3.05) is 0 Å². The summed E-state index contributed by atoms with van der Waals surface area (Å²) in [6.45, 7) is 0. The van der Waals surface area contributed by atoms with Crippen LogP contribution in [0, 0.1) is 0 Å². The maximum Gasteiger partial charge on any atom is 0.294 e. The Balaban J connectivity index is 2.75. The van der Waals surface area contributed by atoms with Crippen molar-refractivity contribution in [1.29, 1.82) is 0 Å². The van der Waals surface area contributed by atoms with Gasteiger partial charge in [-0.3, -0.25) is 4.55 Å². The minimum absolute atomic E-state index is 0.0994. The zero-order valence-corrected chi connectivity index (χ0v) is 8.92. The minimum atomic E-state index is -4.37. The highest BCUT2D eigenvalue weighted by Gasteiger charge is 2.23. The molecule has 5 nitrogen and oxygen atoms in total. The summed E-state index contributed by atoms with van der Waals surface area (Å²) in [6, 6.07) is 3.43. The summed E-state index contributed by atoms with van der Waals surface area (Å²) in [6.07, 6.45) is 1.37. The van der Waals surface area contributed by atoms with Gasteiger partial charge in [-0.25, -0.2) is 8.42 Å². The molecule has 1 aliphatic heterocycles. The molecule has 0 aromatic heterocycles.